The van der Waals surface area contributed by atoms with Crippen LogP contribution in [0.5, 0.6) is 5.75 Å². The maximum atomic E-state index is 13.7. The summed E-state index contributed by atoms with van der Waals surface area (Å²) in [7, 11) is 0. The quantitative estimate of drug-likeness (QED) is 0.407. The first-order valence-electron chi connectivity index (χ1n) is 7.82. The number of fused-ring (bicyclic) bond motifs is 6. The minimum atomic E-state index is -0.290. The monoisotopic (exact) mass is 352 g/mol. The zero-order valence-electron chi connectivity index (χ0n) is 13.4. The van der Waals surface area contributed by atoms with Crippen molar-refractivity contribution in [2.24, 2.45) is 0 Å². The van der Waals surface area contributed by atoms with Crippen LogP contribution in [0.3, 0.4) is 0 Å². The first-order valence-corrected chi connectivity index (χ1v) is 7.82. The van der Waals surface area contributed by atoms with Crippen LogP contribution in [-0.2, 0) is 6.61 Å². The fourth-order valence-corrected chi connectivity index (χ4v) is 3.49. The van der Waals surface area contributed by atoms with Gasteiger partial charge in [-0.1, -0.05) is 18.2 Å². The van der Waals surface area contributed by atoms with E-state index in [4.69, 9.17) is 9.72 Å². The molecule has 25 heavy (non-hydrogen) atoms. The number of nitrogens with zero attached hydrogens (tertiary/aromatic N) is 2. The van der Waals surface area contributed by atoms with E-state index in [0.29, 0.717) is 17.9 Å². The third kappa shape index (κ3) is 2.25. The second-order valence-corrected chi connectivity index (χ2v) is 6.03. The average molecular weight is 353 g/mol. The number of pyridine rings is 2. The van der Waals surface area contributed by atoms with Crippen molar-refractivity contribution in [1.29, 1.82) is 0 Å². The molecule has 4 aromatic rings. The number of rotatable bonds is 0. The number of ether oxygens (including phenoxy) is 1. The van der Waals surface area contributed by atoms with Gasteiger partial charge in [0.15, 0.2) is 0 Å². The molecule has 2 aromatic carbocycles. The maximum Gasteiger partial charge on any atom is 0.129 e. The Morgan fingerprint density at radius 3 is 2.80 bits per heavy atom. The summed E-state index contributed by atoms with van der Waals surface area (Å²) in [5.74, 6) is 0.380. The van der Waals surface area contributed by atoms with E-state index < -0.39 is 0 Å². The summed E-state index contributed by atoms with van der Waals surface area (Å²) < 4.78 is 19.5. The van der Waals surface area contributed by atoms with Crippen molar-refractivity contribution in [3.8, 4) is 17.0 Å². The molecule has 3 heterocycles. The summed E-state index contributed by atoms with van der Waals surface area (Å²) in [5.41, 5.74) is 5.38. The molecule has 0 spiro atoms. The lowest BCUT2D eigenvalue weighted by molar-refractivity contribution is 0.300. The van der Waals surface area contributed by atoms with Crippen molar-refractivity contribution in [2.45, 2.75) is 13.5 Å². The van der Waals surface area contributed by atoms with Crippen molar-refractivity contribution in [2.75, 3.05) is 0 Å². The van der Waals surface area contributed by atoms with E-state index >= 15 is 0 Å². The number of aromatic nitrogens is 2. The highest BCUT2D eigenvalue weighted by Crippen LogP contribution is 2.40. The number of hydrogen-bond acceptors (Lipinski definition) is 3. The topological polar surface area (TPSA) is 35.0 Å². The maximum absolute atomic E-state index is 13.7. The Labute approximate surface area is 149 Å². The van der Waals surface area contributed by atoms with Crippen molar-refractivity contribution in [3.63, 3.8) is 0 Å². The number of aryl methyl sites for hydroxylation is 1. The van der Waals surface area contributed by atoms with E-state index in [1.807, 2.05) is 18.2 Å². The highest BCUT2D eigenvalue weighted by atomic mass is 35.5. The molecule has 1 aliphatic rings. The molecule has 124 valence electrons. The van der Waals surface area contributed by atoms with Gasteiger partial charge in [-0.3, -0.25) is 4.98 Å². The van der Waals surface area contributed by atoms with Crippen LogP contribution in [0.15, 0.2) is 48.7 Å². The van der Waals surface area contributed by atoms with Crippen LogP contribution >= 0.6 is 12.4 Å². The van der Waals surface area contributed by atoms with Crippen LogP contribution in [0.2, 0.25) is 0 Å². The number of benzene rings is 2. The van der Waals surface area contributed by atoms with Gasteiger partial charge in [0.2, 0.25) is 0 Å². The smallest absolute Gasteiger partial charge is 0.129 e. The summed E-state index contributed by atoms with van der Waals surface area (Å²) in [6.07, 6.45) is 1.79. The predicted molar refractivity (Wildman–Crippen MR) is 98.8 cm³/mol. The Morgan fingerprint density at radius 1 is 1.08 bits per heavy atom. The molecule has 3 nitrogen and oxygen atoms in total. The second kappa shape index (κ2) is 5.67. The van der Waals surface area contributed by atoms with Gasteiger partial charge in [-0.25, -0.2) is 9.37 Å². The molecule has 5 heteroatoms. The van der Waals surface area contributed by atoms with Gasteiger partial charge in [0.25, 0.3) is 0 Å². The van der Waals surface area contributed by atoms with E-state index in [1.54, 1.807) is 12.3 Å². The largest absolute Gasteiger partial charge is 0.488 e. The second-order valence-electron chi connectivity index (χ2n) is 6.03. The molecular weight excluding hydrogens is 339 g/mol. The number of halogens is 2. The highest BCUT2D eigenvalue weighted by molar-refractivity contribution is 6.07. The van der Waals surface area contributed by atoms with Crippen LogP contribution in [0.4, 0.5) is 4.39 Å². The first kappa shape index (κ1) is 15.8. The van der Waals surface area contributed by atoms with Crippen LogP contribution < -0.4 is 4.74 Å². The van der Waals surface area contributed by atoms with E-state index in [2.05, 4.69) is 18.0 Å². The summed E-state index contributed by atoms with van der Waals surface area (Å²) in [4.78, 5) is 9.31. The van der Waals surface area contributed by atoms with E-state index in [1.165, 1.54) is 12.1 Å². The third-order valence-corrected chi connectivity index (χ3v) is 4.67. The van der Waals surface area contributed by atoms with Crippen LogP contribution in [0.1, 0.15) is 11.1 Å². The minimum absolute atomic E-state index is 0. The predicted octanol–water partition coefficient (Wildman–Crippen LogP) is 5.21. The Morgan fingerprint density at radius 2 is 1.92 bits per heavy atom. The van der Waals surface area contributed by atoms with Crippen LogP contribution in [0, 0.1) is 12.7 Å². The van der Waals surface area contributed by atoms with Gasteiger partial charge in [0, 0.05) is 21.9 Å². The Bertz CT molecular complexity index is 1140. The van der Waals surface area contributed by atoms with Gasteiger partial charge in [0.1, 0.15) is 18.2 Å². The minimum Gasteiger partial charge on any atom is -0.488 e. The first-order chi connectivity index (χ1) is 11.7. The molecule has 0 N–H and O–H groups in total. The molecular formula is C20H14ClFN2O. The number of hydrogen-bond donors (Lipinski definition) is 0. The van der Waals surface area contributed by atoms with Gasteiger partial charge in [-0.2, -0.15) is 0 Å². The average Bonchev–Trinajstić information content (AvgIpc) is 2.61. The standard InChI is InChI=1S/C20H13FN2O.ClH/c1-11-15-10-24-18-7-6-12(21)8-14(18)20(15)23-17-9-22-16-5-3-2-4-13(16)19(11)17;/h2-9H,10H2,1H3;1H. The lowest BCUT2D eigenvalue weighted by Gasteiger charge is -2.23. The Balaban J connectivity index is 0.00000157. The van der Waals surface area contributed by atoms with E-state index in [9.17, 15) is 4.39 Å². The van der Waals surface area contributed by atoms with Crippen LogP contribution in [0.25, 0.3) is 33.1 Å². The van der Waals surface area contributed by atoms with E-state index in [0.717, 1.165) is 38.6 Å². The van der Waals surface area contributed by atoms with Crippen molar-refractivity contribution in [1.82, 2.24) is 9.97 Å². The van der Waals surface area contributed by atoms with Gasteiger partial charge in [0.05, 0.1) is 22.9 Å². The molecule has 0 radical (unpaired) electrons. The zero-order chi connectivity index (χ0) is 16.3. The normalized spacial score (nSPS) is 12.2. The highest BCUT2D eigenvalue weighted by Gasteiger charge is 2.23. The summed E-state index contributed by atoms with van der Waals surface area (Å²) >= 11 is 0. The van der Waals surface area contributed by atoms with Gasteiger partial charge in [-0.05, 0) is 36.8 Å². The molecule has 5 rings (SSSR count). The molecule has 0 aliphatic carbocycles. The van der Waals surface area contributed by atoms with Gasteiger partial charge >= 0.3 is 0 Å². The molecule has 0 saturated heterocycles. The SMILES string of the molecule is Cc1c2c(nc3cnc4ccccc4c13)-c1cc(F)ccc1OC2.Cl. The number of para-hydroxylation sites is 1. The molecule has 0 amide bonds. The molecule has 0 bridgehead atoms. The van der Waals surface area contributed by atoms with Crippen LogP contribution in [-0.4, -0.2) is 9.97 Å². The van der Waals surface area contributed by atoms with Gasteiger partial charge in [-0.15, -0.1) is 12.4 Å². The lowest BCUT2D eigenvalue weighted by atomic mass is 9.94. The molecule has 1 aliphatic heterocycles. The van der Waals surface area contributed by atoms with E-state index in [-0.39, 0.29) is 18.2 Å². The molecule has 0 saturated carbocycles. The lowest BCUT2D eigenvalue weighted by Crippen LogP contribution is -2.10. The molecule has 0 atom stereocenters. The third-order valence-electron chi connectivity index (χ3n) is 4.67. The molecule has 2 aromatic heterocycles. The molecule has 0 unspecified atom stereocenters. The van der Waals surface area contributed by atoms with Gasteiger partial charge < -0.3 is 4.74 Å². The van der Waals surface area contributed by atoms with Crippen molar-refractivity contribution in [3.05, 3.63) is 65.6 Å². The van der Waals surface area contributed by atoms with Crippen molar-refractivity contribution >= 4 is 34.2 Å². The summed E-state index contributed by atoms with van der Waals surface area (Å²) in [5, 5.41) is 2.16. The zero-order valence-corrected chi connectivity index (χ0v) is 14.2. The van der Waals surface area contributed by atoms with Crippen molar-refractivity contribution < 1.29 is 9.13 Å². The fraction of sp³-hybridized carbons (Fsp3) is 0.100. The molecule has 0 fully saturated rings. The Hall–Kier alpha value is -2.72. The Kier molecular flexibility index (Phi) is 3.58. The summed E-state index contributed by atoms with van der Waals surface area (Å²) in [6, 6.07) is 12.6. The summed E-state index contributed by atoms with van der Waals surface area (Å²) in [6.45, 7) is 2.52. The fourth-order valence-electron chi connectivity index (χ4n) is 3.49.